The molecule has 2 aromatic carbocycles. The van der Waals surface area contributed by atoms with Crippen LogP contribution in [0.2, 0.25) is 0 Å². The number of hydrogen-bond acceptors (Lipinski definition) is 2. The van der Waals surface area contributed by atoms with Crippen molar-refractivity contribution in [2.24, 2.45) is 5.41 Å². The molecule has 0 saturated carbocycles. The normalized spacial score (nSPS) is 11.0. The van der Waals surface area contributed by atoms with Crippen LogP contribution in [0, 0.1) is 19.3 Å². The van der Waals surface area contributed by atoms with Crippen molar-refractivity contribution in [2.75, 3.05) is 10.6 Å². The van der Waals surface area contributed by atoms with Gasteiger partial charge in [-0.25, -0.2) is 0 Å². The molecule has 0 aliphatic rings. The van der Waals surface area contributed by atoms with Crippen molar-refractivity contribution >= 4 is 39.1 Å². The Morgan fingerprint density at radius 1 is 0.833 bits per heavy atom. The molecule has 24 heavy (non-hydrogen) atoms. The van der Waals surface area contributed by atoms with Gasteiger partial charge in [-0.15, -0.1) is 0 Å². The number of amides is 2. The SMILES string of the molecule is Cc1ccc(NC(=O)C(C)(C)C(=O)Nc2ccc(Br)cc2)cc1C. The van der Waals surface area contributed by atoms with Crippen LogP contribution in [0.5, 0.6) is 0 Å². The molecule has 2 rings (SSSR count). The van der Waals surface area contributed by atoms with Gasteiger partial charge in [0.25, 0.3) is 0 Å². The zero-order valence-electron chi connectivity index (χ0n) is 14.2. The van der Waals surface area contributed by atoms with Crippen LogP contribution in [0.3, 0.4) is 0 Å². The van der Waals surface area contributed by atoms with E-state index in [4.69, 9.17) is 0 Å². The van der Waals surface area contributed by atoms with Gasteiger partial charge in [-0.3, -0.25) is 9.59 Å². The van der Waals surface area contributed by atoms with Crippen molar-refractivity contribution in [2.45, 2.75) is 27.7 Å². The fourth-order valence-electron chi connectivity index (χ4n) is 2.03. The van der Waals surface area contributed by atoms with Gasteiger partial charge in [0.05, 0.1) is 0 Å². The maximum atomic E-state index is 12.5. The van der Waals surface area contributed by atoms with E-state index < -0.39 is 5.41 Å². The zero-order valence-corrected chi connectivity index (χ0v) is 15.8. The van der Waals surface area contributed by atoms with E-state index in [2.05, 4.69) is 26.6 Å². The molecule has 5 heteroatoms. The summed E-state index contributed by atoms with van der Waals surface area (Å²) >= 11 is 3.35. The molecule has 2 aromatic rings. The third-order valence-corrected chi connectivity index (χ3v) is 4.53. The number of carbonyl (C=O) groups is 2. The summed E-state index contributed by atoms with van der Waals surface area (Å²) < 4.78 is 0.923. The van der Waals surface area contributed by atoms with Crippen LogP contribution < -0.4 is 10.6 Å². The minimum absolute atomic E-state index is 0.347. The monoisotopic (exact) mass is 388 g/mol. The van der Waals surface area contributed by atoms with E-state index in [1.165, 1.54) is 0 Å². The van der Waals surface area contributed by atoms with Gasteiger partial charge in [0.2, 0.25) is 11.8 Å². The highest BCUT2D eigenvalue weighted by Gasteiger charge is 2.36. The molecule has 0 aliphatic heterocycles. The molecule has 0 aromatic heterocycles. The average molecular weight is 389 g/mol. The second-order valence-corrected chi connectivity index (χ2v) is 7.25. The minimum atomic E-state index is -1.20. The van der Waals surface area contributed by atoms with Gasteiger partial charge in [0.15, 0.2) is 0 Å². The molecule has 0 atom stereocenters. The van der Waals surface area contributed by atoms with Crippen LogP contribution in [0.25, 0.3) is 0 Å². The van der Waals surface area contributed by atoms with Gasteiger partial charge in [-0.1, -0.05) is 22.0 Å². The van der Waals surface area contributed by atoms with E-state index in [-0.39, 0.29) is 11.8 Å². The fourth-order valence-corrected chi connectivity index (χ4v) is 2.29. The molecule has 0 fully saturated rings. The summed E-state index contributed by atoms with van der Waals surface area (Å²) in [4.78, 5) is 25.0. The maximum absolute atomic E-state index is 12.5. The van der Waals surface area contributed by atoms with Crippen molar-refractivity contribution in [3.63, 3.8) is 0 Å². The van der Waals surface area contributed by atoms with Gasteiger partial charge in [-0.05, 0) is 75.2 Å². The predicted molar refractivity (Wildman–Crippen MR) is 101 cm³/mol. The first kappa shape index (κ1) is 18.2. The van der Waals surface area contributed by atoms with E-state index in [0.29, 0.717) is 11.4 Å². The van der Waals surface area contributed by atoms with Crippen molar-refractivity contribution in [3.8, 4) is 0 Å². The maximum Gasteiger partial charge on any atom is 0.239 e. The summed E-state index contributed by atoms with van der Waals surface area (Å²) in [7, 11) is 0. The van der Waals surface area contributed by atoms with E-state index in [1.807, 2.05) is 44.2 Å². The Kier molecular flexibility index (Phi) is 5.44. The average Bonchev–Trinajstić information content (AvgIpc) is 2.53. The quantitative estimate of drug-likeness (QED) is 0.747. The predicted octanol–water partition coefficient (Wildman–Crippen LogP) is 4.67. The first-order valence-corrected chi connectivity index (χ1v) is 8.45. The van der Waals surface area contributed by atoms with Gasteiger partial charge in [0.1, 0.15) is 5.41 Å². The third kappa shape index (κ3) is 4.23. The van der Waals surface area contributed by atoms with Crippen LogP contribution in [0.4, 0.5) is 11.4 Å². The summed E-state index contributed by atoms with van der Waals surface area (Å²) in [5.74, 6) is -0.702. The molecule has 2 amide bonds. The summed E-state index contributed by atoms with van der Waals surface area (Å²) in [6, 6.07) is 12.9. The zero-order chi connectivity index (χ0) is 17.9. The van der Waals surface area contributed by atoms with Crippen molar-refractivity contribution in [3.05, 3.63) is 58.1 Å². The Hall–Kier alpha value is -2.14. The number of carbonyl (C=O) groups excluding carboxylic acids is 2. The third-order valence-electron chi connectivity index (χ3n) is 4.00. The van der Waals surface area contributed by atoms with Crippen LogP contribution in [0.15, 0.2) is 46.9 Å². The second-order valence-electron chi connectivity index (χ2n) is 6.34. The first-order chi connectivity index (χ1) is 11.2. The number of anilines is 2. The highest BCUT2D eigenvalue weighted by molar-refractivity contribution is 9.10. The lowest BCUT2D eigenvalue weighted by molar-refractivity contribution is -0.135. The molecule has 0 unspecified atom stereocenters. The lowest BCUT2D eigenvalue weighted by Crippen LogP contribution is -2.41. The van der Waals surface area contributed by atoms with E-state index >= 15 is 0 Å². The van der Waals surface area contributed by atoms with Crippen LogP contribution in [-0.4, -0.2) is 11.8 Å². The Morgan fingerprint density at radius 2 is 1.33 bits per heavy atom. The fraction of sp³-hybridized carbons (Fsp3) is 0.263. The van der Waals surface area contributed by atoms with Crippen LogP contribution in [0.1, 0.15) is 25.0 Å². The molecule has 0 aliphatic carbocycles. The summed E-state index contributed by atoms with van der Waals surface area (Å²) in [6.07, 6.45) is 0. The van der Waals surface area contributed by atoms with Crippen LogP contribution in [-0.2, 0) is 9.59 Å². The van der Waals surface area contributed by atoms with E-state index in [0.717, 1.165) is 15.6 Å². The number of nitrogens with one attached hydrogen (secondary N) is 2. The molecule has 0 heterocycles. The van der Waals surface area contributed by atoms with E-state index in [9.17, 15) is 9.59 Å². The number of aryl methyl sites for hydroxylation is 2. The molecule has 126 valence electrons. The molecular weight excluding hydrogens is 368 g/mol. The number of rotatable bonds is 4. The van der Waals surface area contributed by atoms with Crippen molar-refractivity contribution in [1.82, 2.24) is 0 Å². The molecule has 0 radical (unpaired) electrons. The largest absolute Gasteiger partial charge is 0.325 e. The Balaban J connectivity index is 2.09. The molecule has 4 nitrogen and oxygen atoms in total. The lowest BCUT2D eigenvalue weighted by Gasteiger charge is -2.23. The molecular formula is C19H21BrN2O2. The lowest BCUT2D eigenvalue weighted by atomic mass is 9.90. The molecule has 0 bridgehead atoms. The van der Waals surface area contributed by atoms with E-state index in [1.54, 1.807) is 26.0 Å². The summed E-state index contributed by atoms with van der Waals surface area (Å²) in [5, 5.41) is 5.59. The van der Waals surface area contributed by atoms with Gasteiger partial charge in [-0.2, -0.15) is 0 Å². The number of benzene rings is 2. The second kappa shape index (κ2) is 7.18. The molecule has 2 N–H and O–H groups in total. The number of hydrogen-bond donors (Lipinski definition) is 2. The highest BCUT2D eigenvalue weighted by Crippen LogP contribution is 2.23. The standard InChI is InChI=1S/C19H21BrN2O2/c1-12-5-8-16(11-13(12)2)22-18(24)19(3,4)17(23)21-15-9-6-14(20)7-10-15/h5-11H,1-4H3,(H,21,23)(H,22,24). The molecule has 0 saturated heterocycles. The Morgan fingerprint density at radius 3 is 1.88 bits per heavy atom. The Bertz CT molecular complexity index is 767. The van der Waals surface area contributed by atoms with Gasteiger partial charge >= 0.3 is 0 Å². The van der Waals surface area contributed by atoms with Gasteiger partial charge in [0, 0.05) is 15.8 Å². The van der Waals surface area contributed by atoms with Crippen LogP contribution >= 0.6 is 15.9 Å². The number of halogens is 1. The topological polar surface area (TPSA) is 58.2 Å². The minimum Gasteiger partial charge on any atom is -0.325 e. The summed E-state index contributed by atoms with van der Waals surface area (Å²) in [6.45, 7) is 7.21. The Labute approximate surface area is 150 Å². The van der Waals surface area contributed by atoms with Crippen molar-refractivity contribution in [1.29, 1.82) is 0 Å². The molecule has 0 spiro atoms. The smallest absolute Gasteiger partial charge is 0.239 e. The van der Waals surface area contributed by atoms with Crippen molar-refractivity contribution < 1.29 is 9.59 Å². The summed E-state index contributed by atoms with van der Waals surface area (Å²) in [5.41, 5.74) is 2.37. The highest BCUT2D eigenvalue weighted by atomic mass is 79.9. The first-order valence-electron chi connectivity index (χ1n) is 7.66. The van der Waals surface area contributed by atoms with Gasteiger partial charge < -0.3 is 10.6 Å².